The highest BCUT2D eigenvalue weighted by Crippen LogP contribution is 2.28. The SMILES string of the molecule is CC(C)C1=NC2C=CSC2C=N1. The molecule has 0 saturated carbocycles. The highest BCUT2D eigenvalue weighted by atomic mass is 32.2. The van der Waals surface area contributed by atoms with Gasteiger partial charge in [0, 0.05) is 12.1 Å². The molecule has 0 radical (unpaired) electrons. The fraction of sp³-hybridized carbons (Fsp3) is 0.556. The number of rotatable bonds is 1. The van der Waals surface area contributed by atoms with Crippen molar-refractivity contribution in [3.8, 4) is 0 Å². The number of hydrogen-bond donors (Lipinski definition) is 0. The second-order valence-corrected chi connectivity index (χ2v) is 4.43. The number of nitrogens with zero attached hydrogens (tertiary/aromatic N) is 2. The van der Waals surface area contributed by atoms with Crippen LogP contribution in [0.15, 0.2) is 21.5 Å². The third kappa shape index (κ3) is 1.33. The number of amidine groups is 1. The predicted octanol–water partition coefficient (Wildman–Crippen LogP) is 2.12. The summed E-state index contributed by atoms with van der Waals surface area (Å²) in [6.07, 6.45) is 4.18. The Morgan fingerprint density at radius 1 is 1.50 bits per heavy atom. The average molecular weight is 180 g/mol. The lowest BCUT2D eigenvalue weighted by atomic mass is 10.1. The molecule has 0 saturated heterocycles. The van der Waals surface area contributed by atoms with Crippen LogP contribution in [0.4, 0.5) is 0 Å². The van der Waals surface area contributed by atoms with Crippen molar-refractivity contribution in [3.05, 3.63) is 11.5 Å². The van der Waals surface area contributed by atoms with Gasteiger partial charge in [-0.2, -0.15) is 0 Å². The maximum atomic E-state index is 4.55. The number of thioether (sulfide) groups is 1. The third-order valence-electron chi connectivity index (χ3n) is 2.00. The fourth-order valence-electron chi connectivity index (χ4n) is 1.28. The van der Waals surface area contributed by atoms with Crippen LogP contribution in [-0.4, -0.2) is 23.3 Å². The molecular weight excluding hydrogens is 168 g/mol. The molecular formula is C9H12N2S. The van der Waals surface area contributed by atoms with Crippen molar-refractivity contribution in [2.75, 3.05) is 0 Å². The van der Waals surface area contributed by atoms with Crippen LogP contribution in [0.5, 0.6) is 0 Å². The van der Waals surface area contributed by atoms with Crippen molar-refractivity contribution in [3.63, 3.8) is 0 Å². The summed E-state index contributed by atoms with van der Waals surface area (Å²) in [4.78, 5) is 8.89. The van der Waals surface area contributed by atoms with Gasteiger partial charge in [0.25, 0.3) is 0 Å². The predicted molar refractivity (Wildman–Crippen MR) is 55.1 cm³/mol. The smallest absolute Gasteiger partial charge is 0.126 e. The summed E-state index contributed by atoms with van der Waals surface area (Å²) in [7, 11) is 0. The van der Waals surface area contributed by atoms with Crippen LogP contribution >= 0.6 is 11.8 Å². The molecule has 0 aromatic heterocycles. The topological polar surface area (TPSA) is 24.7 Å². The van der Waals surface area contributed by atoms with E-state index in [1.165, 1.54) is 0 Å². The maximum absolute atomic E-state index is 4.55. The third-order valence-corrected chi connectivity index (χ3v) is 3.03. The van der Waals surface area contributed by atoms with Crippen LogP contribution in [0.2, 0.25) is 0 Å². The monoisotopic (exact) mass is 180 g/mol. The Bertz CT molecular complexity index is 266. The van der Waals surface area contributed by atoms with Crippen LogP contribution in [0.25, 0.3) is 0 Å². The summed E-state index contributed by atoms with van der Waals surface area (Å²) in [5.74, 6) is 1.43. The highest BCUT2D eigenvalue weighted by molar-refractivity contribution is 8.03. The van der Waals surface area contributed by atoms with Crippen molar-refractivity contribution < 1.29 is 0 Å². The Morgan fingerprint density at radius 2 is 2.33 bits per heavy atom. The summed E-state index contributed by atoms with van der Waals surface area (Å²) in [6, 6.07) is 0.352. The molecule has 0 spiro atoms. The minimum absolute atomic E-state index is 0.352. The summed E-state index contributed by atoms with van der Waals surface area (Å²) in [5, 5.41) is 2.58. The lowest BCUT2D eigenvalue weighted by Crippen LogP contribution is -2.25. The van der Waals surface area contributed by atoms with Gasteiger partial charge in [0.2, 0.25) is 0 Å². The molecule has 3 heteroatoms. The first-order chi connectivity index (χ1) is 5.77. The van der Waals surface area contributed by atoms with Crippen LogP contribution in [0.1, 0.15) is 13.8 Å². The van der Waals surface area contributed by atoms with E-state index in [-0.39, 0.29) is 0 Å². The fourth-order valence-corrected chi connectivity index (χ4v) is 2.16. The molecule has 2 rings (SSSR count). The van der Waals surface area contributed by atoms with E-state index in [4.69, 9.17) is 0 Å². The van der Waals surface area contributed by atoms with Crippen LogP contribution < -0.4 is 0 Å². The number of aliphatic imine (C=N–C) groups is 2. The van der Waals surface area contributed by atoms with Gasteiger partial charge in [-0.25, -0.2) is 4.99 Å². The molecule has 2 nitrogen and oxygen atoms in total. The Hall–Kier alpha value is -0.570. The summed E-state index contributed by atoms with van der Waals surface area (Å²) in [5.41, 5.74) is 0. The molecule has 2 atom stereocenters. The zero-order valence-corrected chi connectivity index (χ0v) is 8.08. The van der Waals surface area contributed by atoms with E-state index < -0.39 is 0 Å². The van der Waals surface area contributed by atoms with E-state index in [9.17, 15) is 0 Å². The average Bonchev–Trinajstić information content (AvgIpc) is 2.49. The van der Waals surface area contributed by atoms with Crippen LogP contribution in [-0.2, 0) is 0 Å². The Kier molecular flexibility index (Phi) is 2.05. The molecule has 0 fully saturated rings. The second-order valence-electron chi connectivity index (χ2n) is 3.34. The van der Waals surface area contributed by atoms with Gasteiger partial charge < -0.3 is 0 Å². The molecule has 2 aliphatic rings. The van der Waals surface area contributed by atoms with Crippen molar-refractivity contribution in [2.45, 2.75) is 25.1 Å². The Labute approximate surface area is 76.9 Å². The molecule has 0 N–H and O–H groups in total. The van der Waals surface area contributed by atoms with Crippen molar-refractivity contribution in [1.29, 1.82) is 0 Å². The standard InChI is InChI=1S/C9H12N2S/c1-6(2)9-10-5-8-7(11-9)3-4-12-8/h3-8H,1-2H3. The minimum atomic E-state index is 0.352. The minimum Gasteiger partial charge on any atom is -0.261 e. The largest absolute Gasteiger partial charge is 0.261 e. The maximum Gasteiger partial charge on any atom is 0.126 e. The van der Waals surface area contributed by atoms with Crippen LogP contribution in [0.3, 0.4) is 0 Å². The molecule has 2 unspecified atom stereocenters. The van der Waals surface area contributed by atoms with Gasteiger partial charge in [-0.05, 0) is 5.41 Å². The lowest BCUT2D eigenvalue weighted by molar-refractivity contribution is 0.809. The molecule has 2 aliphatic heterocycles. The molecule has 0 aromatic carbocycles. The second kappa shape index (κ2) is 3.05. The zero-order chi connectivity index (χ0) is 8.55. The Balaban J connectivity index is 2.20. The first-order valence-electron chi connectivity index (χ1n) is 4.21. The van der Waals surface area contributed by atoms with Gasteiger partial charge >= 0.3 is 0 Å². The van der Waals surface area contributed by atoms with Gasteiger partial charge in [0.05, 0.1) is 11.3 Å². The van der Waals surface area contributed by atoms with E-state index in [0.29, 0.717) is 17.2 Å². The first-order valence-corrected chi connectivity index (χ1v) is 5.15. The van der Waals surface area contributed by atoms with Gasteiger partial charge in [0.15, 0.2) is 0 Å². The molecule has 12 heavy (non-hydrogen) atoms. The Morgan fingerprint density at radius 3 is 3.08 bits per heavy atom. The number of hydrogen-bond acceptors (Lipinski definition) is 3. The van der Waals surface area contributed by atoms with E-state index in [1.807, 2.05) is 6.21 Å². The zero-order valence-electron chi connectivity index (χ0n) is 7.27. The van der Waals surface area contributed by atoms with E-state index in [2.05, 4.69) is 35.3 Å². The molecule has 0 bridgehead atoms. The van der Waals surface area contributed by atoms with Crippen molar-refractivity contribution in [2.24, 2.45) is 15.9 Å². The number of fused-ring (bicyclic) bond motifs is 1. The highest BCUT2D eigenvalue weighted by Gasteiger charge is 2.25. The van der Waals surface area contributed by atoms with Crippen molar-refractivity contribution >= 4 is 23.8 Å². The van der Waals surface area contributed by atoms with E-state index in [1.54, 1.807) is 11.8 Å². The van der Waals surface area contributed by atoms with Crippen molar-refractivity contribution in [1.82, 2.24) is 0 Å². The summed E-state index contributed by atoms with van der Waals surface area (Å²) < 4.78 is 0. The molecule has 64 valence electrons. The van der Waals surface area contributed by atoms with Gasteiger partial charge in [0.1, 0.15) is 5.84 Å². The molecule has 2 heterocycles. The van der Waals surface area contributed by atoms with Crippen LogP contribution in [0, 0.1) is 5.92 Å². The quantitative estimate of drug-likeness (QED) is 0.606. The summed E-state index contributed by atoms with van der Waals surface area (Å²) in [6.45, 7) is 4.25. The normalized spacial score (nSPS) is 32.4. The van der Waals surface area contributed by atoms with E-state index in [0.717, 1.165) is 5.84 Å². The van der Waals surface area contributed by atoms with Gasteiger partial charge in [-0.15, -0.1) is 11.8 Å². The molecule has 0 amide bonds. The van der Waals surface area contributed by atoms with E-state index >= 15 is 0 Å². The first kappa shape index (κ1) is 8.05. The molecule has 0 aliphatic carbocycles. The summed E-state index contributed by atoms with van der Waals surface area (Å²) >= 11 is 1.80. The lowest BCUT2D eigenvalue weighted by Gasteiger charge is -2.17. The van der Waals surface area contributed by atoms with Gasteiger partial charge in [-0.3, -0.25) is 4.99 Å². The van der Waals surface area contributed by atoms with Gasteiger partial charge in [-0.1, -0.05) is 19.9 Å². The molecule has 0 aromatic rings.